The van der Waals surface area contributed by atoms with Crippen molar-refractivity contribution >= 4 is 11.6 Å². The van der Waals surface area contributed by atoms with Crippen molar-refractivity contribution in [3.05, 3.63) is 46.0 Å². The smallest absolute Gasteiger partial charge is 0.100 e. The Labute approximate surface area is 95.4 Å². The van der Waals surface area contributed by atoms with Gasteiger partial charge in [0.05, 0.1) is 0 Å². The van der Waals surface area contributed by atoms with Gasteiger partial charge >= 0.3 is 0 Å². The van der Waals surface area contributed by atoms with Gasteiger partial charge in [0.25, 0.3) is 0 Å². The summed E-state index contributed by atoms with van der Waals surface area (Å²) in [5.41, 5.74) is 3.12. The number of halogens is 1. The lowest BCUT2D eigenvalue weighted by Crippen LogP contribution is -2.00. The van der Waals surface area contributed by atoms with E-state index in [0.29, 0.717) is 0 Å². The number of aliphatic hydroxyl groups excluding tert-OH is 1. The zero-order chi connectivity index (χ0) is 10.8. The van der Waals surface area contributed by atoms with E-state index in [2.05, 4.69) is 6.08 Å². The highest BCUT2D eigenvalue weighted by molar-refractivity contribution is 6.31. The molecule has 0 radical (unpaired) electrons. The molecule has 0 bridgehead atoms. The number of rotatable bonds is 2. The Balaban J connectivity index is 2.25. The van der Waals surface area contributed by atoms with Crippen LogP contribution in [-0.4, -0.2) is 5.11 Å². The standard InChI is InChI=1S/C13H15ClO/c1-9-8-11(6-7-12(9)14)13(15)10-4-2-3-5-10/h4,6-8,13,15H,2-3,5H2,1H3. The third-order valence-corrected chi connectivity index (χ3v) is 3.35. The van der Waals surface area contributed by atoms with Gasteiger partial charge in [0, 0.05) is 5.02 Å². The predicted molar refractivity (Wildman–Crippen MR) is 63.1 cm³/mol. The normalized spacial score (nSPS) is 17.7. The number of aryl methyl sites for hydroxylation is 1. The molecule has 2 heteroatoms. The van der Waals surface area contributed by atoms with Gasteiger partial charge in [-0.25, -0.2) is 0 Å². The number of benzene rings is 1. The van der Waals surface area contributed by atoms with Gasteiger partial charge in [0.15, 0.2) is 0 Å². The van der Waals surface area contributed by atoms with E-state index in [-0.39, 0.29) is 0 Å². The summed E-state index contributed by atoms with van der Waals surface area (Å²) in [6.07, 6.45) is 4.98. The topological polar surface area (TPSA) is 20.2 Å². The minimum Gasteiger partial charge on any atom is -0.384 e. The van der Waals surface area contributed by atoms with Gasteiger partial charge in [-0.2, -0.15) is 0 Å². The second-order valence-electron chi connectivity index (χ2n) is 4.08. The Bertz CT molecular complexity index is 396. The molecule has 1 atom stereocenters. The molecular weight excluding hydrogens is 208 g/mol. The maximum absolute atomic E-state index is 10.1. The Morgan fingerprint density at radius 1 is 1.40 bits per heavy atom. The van der Waals surface area contributed by atoms with Crippen LogP contribution in [0.4, 0.5) is 0 Å². The van der Waals surface area contributed by atoms with E-state index < -0.39 is 6.10 Å². The van der Waals surface area contributed by atoms with Crippen LogP contribution in [-0.2, 0) is 0 Å². The first-order valence-electron chi connectivity index (χ1n) is 5.31. The van der Waals surface area contributed by atoms with Crippen molar-refractivity contribution in [1.82, 2.24) is 0 Å². The van der Waals surface area contributed by atoms with Gasteiger partial charge < -0.3 is 5.11 Å². The average Bonchev–Trinajstić information content (AvgIpc) is 2.74. The van der Waals surface area contributed by atoms with Crippen LogP contribution in [0.15, 0.2) is 29.8 Å². The third kappa shape index (κ3) is 2.24. The maximum Gasteiger partial charge on any atom is 0.100 e. The molecule has 0 saturated carbocycles. The minimum atomic E-state index is -0.441. The molecule has 15 heavy (non-hydrogen) atoms. The Kier molecular flexibility index (Phi) is 3.13. The second-order valence-corrected chi connectivity index (χ2v) is 4.49. The van der Waals surface area contributed by atoms with Crippen LogP contribution >= 0.6 is 11.6 Å². The van der Waals surface area contributed by atoms with Crippen molar-refractivity contribution in [2.24, 2.45) is 0 Å². The fourth-order valence-electron chi connectivity index (χ4n) is 2.00. The largest absolute Gasteiger partial charge is 0.384 e. The first kappa shape index (κ1) is 10.7. The van der Waals surface area contributed by atoms with E-state index in [1.807, 2.05) is 25.1 Å². The first-order valence-corrected chi connectivity index (χ1v) is 5.69. The fraction of sp³-hybridized carbons (Fsp3) is 0.385. The molecule has 80 valence electrons. The lowest BCUT2D eigenvalue weighted by molar-refractivity contribution is 0.212. The van der Waals surface area contributed by atoms with Gasteiger partial charge in [0.2, 0.25) is 0 Å². The number of hydrogen-bond acceptors (Lipinski definition) is 1. The van der Waals surface area contributed by atoms with Gasteiger partial charge in [-0.05, 0) is 49.0 Å². The fourth-order valence-corrected chi connectivity index (χ4v) is 2.11. The highest BCUT2D eigenvalue weighted by Gasteiger charge is 2.16. The van der Waals surface area contributed by atoms with Crippen LogP contribution in [0.25, 0.3) is 0 Å². The molecular formula is C13H15ClO. The van der Waals surface area contributed by atoms with E-state index in [0.717, 1.165) is 34.6 Å². The van der Waals surface area contributed by atoms with E-state index in [1.165, 1.54) is 6.42 Å². The van der Waals surface area contributed by atoms with Crippen LogP contribution in [0.5, 0.6) is 0 Å². The summed E-state index contributed by atoms with van der Waals surface area (Å²) in [7, 11) is 0. The summed E-state index contributed by atoms with van der Waals surface area (Å²) >= 11 is 5.95. The summed E-state index contributed by atoms with van der Waals surface area (Å²) in [6.45, 7) is 1.96. The first-order chi connectivity index (χ1) is 7.18. The monoisotopic (exact) mass is 222 g/mol. The molecule has 0 aliphatic heterocycles. The molecule has 1 unspecified atom stereocenters. The van der Waals surface area contributed by atoms with Gasteiger partial charge in [-0.3, -0.25) is 0 Å². The lowest BCUT2D eigenvalue weighted by Gasteiger charge is -2.13. The molecule has 0 fully saturated rings. The van der Waals surface area contributed by atoms with E-state index in [9.17, 15) is 5.11 Å². The van der Waals surface area contributed by atoms with Gasteiger partial charge in [-0.1, -0.05) is 29.8 Å². The molecule has 1 N–H and O–H groups in total. The summed E-state index contributed by atoms with van der Waals surface area (Å²) < 4.78 is 0. The quantitative estimate of drug-likeness (QED) is 0.755. The second kappa shape index (κ2) is 4.38. The summed E-state index contributed by atoms with van der Waals surface area (Å²) in [6, 6.07) is 5.72. The van der Waals surface area contributed by atoms with Crippen LogP contribution in [0.1, 0.15) is 36.5 Å². The van der Waals surface area contributed by atoms with Crippen LogP contribution < -0.4 is 0 Å². The van der Waals surface area contributed by atoms with E-state index in [1.54, 1.807) is 0 Å². The molecule has 2 rings (SSSR count). The number of aliphatic hydroxyl groups is 1. The average molecular weight is 223 g/mol. The highest BCUT2D eigenvalue weighted by Crippen LogP contribution is 2.31. The van der Waals surface area contributed by atoms with Crippen LogP contribution in [0.3, 0.4) is 0 Å². The van der Waals surface area contributed by atoms with Gasteiger partial charge in [0.1, 0.15) is 6.10 Å². The molecule has 1 aromatic rings. The number of hydrogen-bond donors (Lipinski definition) is 1. The van der Waals surface area contributed by atoms with Crippen molar-refractivity contribution in [3.8, 4) is 0 Å². The zero-order valence-corrected chi connectivity index (χ0v) is 9.59. The van der Waals surface area contributed by atoms with Crippen LogP contribution in [0, 0.1) is 6.92 Å². The Morgan fingerprint density at radius 2 is 2.20 bits per heavy atom. The van der Waals surface area contributed by atoms with Crippen molar-refractivity contribution in [2.45, 2.75) is 32.3 Å². The molecule has 1 aliphatic carbocycles. The highest BCUT2D eigenvalue weighted by atomic mass is 35.5. The molecule has 1 aliphatic rings. The Morgan fingerprint density at radius 3 is 2.80 bits per heavy atom. The molecule has 0 saturated heterocycles. The predicted octanol–water partition coefficient (Wildman–Crippen LogP) is 3.79. The molecule has 0 amide bonds. The van der Waals surface area contributed by atoms with Crippen molar-refractivity contribution in [1.29, 1.82) is 0 Å². The van der Waals surface area contributed by atoms with Crippen molar-refractivity contribution in [2.75, 3.05) is 0 Å². The molecule has 1 nitrogen and oxygen atoms in total. The lowest BCUT2D eigenvalue weighted by atomic mass is 10.00. The third-order valence-electron chi connectivity index (χ3n) is 2.93. The van der Waals surface area contributed by atoms with Crippen molar-refractivity contribution < 1.29 is 5.11 Å². The van der Waals surface area contributed by atoms with Gasteiger partial charge in [-0.15, -0.1) is 0 Å². The minimum absolute atomic E-state index is 0.441. The SMILES string of the molecule is Cc1cc(C(O)C2=CCCC2)ccc1Cl. The Hall–Kier alpha value is -0.790. The summed E-state index contributed by atoms with van der Waals surface area (Å²) in [4.78, 5) is 0. The molecule has 0 spiro atoms. The van der Waals surface area contributed by atoms with E-state index in [4.69, 9.17) is 11.6 Å². The number of allylic oxidation sites excluding steroid dienone is 1. The van der Waals surface area contributed by atoms with Crippen LogP contribution in [0.2, 0.25) is 5.02 Å². The molecule has 1 aromatic carbocycles. The summed E-state index contributed by atoms with van der Waals surface area (Å²) in [5.74, 6) is 0. The van der Waals surface area contributed by atoms with Crippen molar-refractivity contribution in [3.63, 3.8) is 0 Å². The molecule has 0 heterocycles. The van der Waals surface area contributed by atoms with E-state index >= 15 is 0 Å². The molecule has 0 aromatic heterocycles. The summed E-state index contributed by atoms with van der Waals surface area (Å²) in [5, 5.41) is 10.9. The maximum atomic E-state index is 10.1. The zero-order valence-electron chi connectivity index (χ0n) is 8.83.